The maximum atomic E-state index is 12.0. The van der Waals surface area contributed by atoms with Crippen LogP contribution in [0, 0.1) is 10.1 Å². The van der Waals surface area contributed by atoms with Crippen molar-refractivity contribution in [2.75, 3.05) is 26.5 Å². The van der Waals surface area contributed by atoms with Gasteiger partial charge in [-0.05, 0) is 24.8 Å². The highest BCUT2D eigenvalue weighted by Crippen LogP contribution is 2.24. The average molecular weight is 314 g/mol. The number of nitrogens with zero attached hydrogens (tertiary/aromatic N) is 1. The van der Waals surface area contributed by atoms with Gasteiger partial charge in [0.2, 0.25) is 0 Å². The van der Waals surface area contributed by atoms with Gasteiger partial charge in [-0.2, -0.15) is 0 Å². The first-order valence-corrected chi connectivity index (χ1v) is 7.49. The van der Waals surface area contributed by atoms with E-state index in [1.54, 1.807) is 6.07 Å². The minimum Gasteiger partial charge on any atom is -0.391 e. The summed E-state index contributed by atoms with van der Waals surface area (Å²) in [7, 11) is 1.47. The summed E-state index contributed by atoms with van der Waals surface area (Å²) in [6.07, 6.45) is 1.46. The summed E-state index contributed by atoms with van der Waals surface area (Å²) in [6.45, 7) is 0.391. The van der Waals surface area contributed by atoms with Crippen molar-refractivity contribution in [3.05, 3.63) is 33.9 Å². The Morgan fingerprint density at radius 3 is 2.86 bits per heavy atom. The molecule has 0 heterocycles. The Labute approximate surface area is 126 Å². The zero-order valence-corrected chi connectivity index (χ0v) is 12.7. The molecule has 0 bridgehead atoms. The zero-order valence-electron chi connectivity index (χ0n) is 11.9. The number of carbonyl (C=O) groups is 1. The van der Waals surface area contributed by atoms with Crippen molar-refractivity contribution in [1.82, 2.24) is 5.32 Å². The Bertz CT molecular complexity index is 509. The maximum Gasteiger partial charge on any atom is 0.282 e. The van der Waals surface area contributed by atoms with Gasteiger partial charge in [0.1, 0.15) is 5.56 Å². The van der Waals surface area contributed by atoms with Crippen LogP contribution in [0.25, 0.3) is 0 Å². The molecule has 1 aromatic rings. The molecule has 21 heavy (non-hydrogen) atoms. The minimum absolute atomic E-state index is 0.0214. The van der Waals surface area contributed by atoms with Crippen LogP contribution in [0.4, 0.5) is 5.69 Å². The van der Waals surface area contributed by atoms with Crippen molar-refractivity contribution in [2.24, 2.45) is 0 Å². The number of nitro groups is 1. The van der Waals surface area contributed by atoms with Crippen LogP contribution in [0.1, 0.15) is 16.8 Å². The van der Waals surface area contributed by atoms with Crippen molar-refractivity contribution < 1.29 is 19.6 Å². The Morgan fingerprint density at radius 2 is 2.29 bits per heavy atom. The smallest absolute Gasteiger partial charge is 0.282 e. The predicted octanol–water partition coefficient (Wildman–Crippen LogP) is 1.44. The topological polar surface area (TPSA) is 102 Å². The van der Waals surface area contributed by atoms with E-state index in [1.165, 1.54) is 31.0 Å². The molecule has 1 unspecified atom stereocenters. The second kappa shape index (κ2) is 8.60. The second-order valence-electron chi connectivity index (χ2n) is 4.29. The van der Waals surface area contributed by atoms with Crippen molar-refractivity contribution in [3.8, 4) is 0 Å². The summed E-state index contributed by atoms with van der Waals surface area (Å²) in [6, 6.07) is 4.41. The van der Waals surface area contributed by atoms with Gasteiger partial charge in [0.25, 0.3) is 11.6 Å². The van der Waals surface area contributed by atoms with E-state index >= 15 is 0 Å². The number of hydrogen-bond acceptors (Lipinski definition) is 6. The number of aliphatic hydroxyl groups excluding tert-OH is 1. The molecule has 0 saturated heterocycles. The molecule has 1 rings (SSSR count). The zero-order chi connectivity index (χ0) is 15.8. The molecule has 116 valence electrons. The number of thioether (sulfide) groups is 1. The van der Waals surface area contributed by atoms with Crippen LogP contribution in [0.15, 0.2) is 23.1 Å². The molecule has 1 atom stereocenters. The molecule has 0 aliphatic heterocycles. The lowest BCUT2D eigenvalue weighted by Gasteiger charge is -2.10. The summed E-state index contributed by atoms with van der Waals surface area (Å²) in [4.78, 5) is 23.2. The van der Waals surface area contributed by atoms with E-state index in [2.05, 4.69) is 5.32 Å². The number of amides is 1. The summed E-state index contributed by atoms with van der Waals surface area (Å²) in [5.74, 6) is -0.526. The lowest BCUT2D eigenvalue weighted by Crippen LogP contribution is -2.29. The van der Waals surface area contributed by atoms with E-state index in [9.17, 15) is 20.0 Å². The Hall–Kier alpha value is -1.64. The lowest BCUT2D eigenvalue weighted by atomic mass is 10.1. The molecule has 0 aromatic heterocycles. The molecule has 0 radical (unpaired) electrons. The Balaban J connectivity index is 2.74. The molecule has 0 saturated carbocycles. The Kier molecular flexibility index (Phi) is 7.13. The van der Waals surface area contributed by atoms with Gasteiger partial charge < -0.3 is 15.2 Å². The first-order chi connectivity index (χ1) is 9.99. The molecule has 0 spiro atoms. The van der Waals surface area contributed by atoms with E-state index in [0.29, 0.717) is 6.42 Å². The predicted molar refractivity (Wildman–Crippen MR) is 79.7 cm³/mol. The summed E-state index contributed by atoms with van der Waals surface area (Å²) < 4.78 is 4.77. The van der Waals surface area contributed by atoms with Crippen molar-refractivity contribution in [1.29, 1.82) is 0 Å². The van der Waals surface area contributed by atoms with Gasteiger partial charge in [0, 0.05) is 24.6 Å². The molecule has 1 aromatic carbocycles. The van der Waals surface area contributed by atoms with Crippen molar-refractivity contribution in [2.45, 2.75) is 17.4 Å². The third-order valence-electron chi connectivity index (χ3n) is 2.77. The van der Waals surface area contributed by atoms with Gasteiger partial charge in [0.15, 0.2) is 0 Å². The van der Waals surface area contributed by atoms with Gasteiger partial charge in [-0.3, -0.25) is 14.9 Å². The molecule has 0 fully saturated rings. The first-order valence-electron chi connectivity index (χ1n) is 6.27. The number of ether oxygens (including phenoxy) is 1. The largest absolute Gasteiger partial charge is 0.391 e. The molecule has 0 aliphatic carbocycles. The summed E-state index contributed by atoms with van der Waals surface area (Å²) in [5.41, 5.74) is -0.212. The molecule has 2 N–H and O–H groups in total. The summed E-state index contributed by atoms with van der Waals surface area (Å²) >= 11 is 1.40. The highest BCUT2D eigenvalue weighted by molar-refractivity contribution is 7.98. The van der Waals surface area contributed by atoms with E-state index in [0.717, 1.165) is 4.90 Å². The van der Waals surface area contributed by atoms with Gasteiger partial charge >= 0.3 is 0 Å². The van der Waals surface area contributed by atoms with Gasteiger partial charge in [-0.1, -0.05) is 0 Å². The first kappa shape index (κ1) is 17.4. The quantitative estimate of drug-likeness (QED) is 0.428. The van der Waals surface area contributed by atoms with Gasteiger partial charge in [-0.15, -0.1) is 11.8 Å². The van der Waals surface area contributed by atoms with Crippen LogP contribution >= 0.6 is 11.8 Å². The monoisotopic (exact) mass is 314 g/mol. The molecule has 1 amide bonds. The fourth-order valence-electron chi connectivity index (χ4n) is 1.71. The van der Waals surface area contributed by atoms with Crippen molar-refractivity contribution in [3.63, 3.8) is 0 Å². The van der Waals surface area contributed by atoms with E-state index in [1.807, 2.05) is 6.26 Å². The average Bonchev–Trinajstić information content (AvgIpc) is 2.46. The number of hydrogen-bond donors (Lipinski definition) is 2. The normalized spacial score (nSPS) is 12.0. The molecular weight excluding hydrogens is 296 g/mol. The number of benzene rings is 1. The van der Waals surface area contributed by atoms with Crippen LogP contribution in [-0.4, -0.2) is 48.6 Å². The number of methoxy groups -OCH3 is 1. The maximum absolute atomic E-state index is 12.0. The fraction of sp³-hybridized carbons (Fsp3) is 0.462. The number of rotatable bonds is 8. The van der Waals surface area contributed by atoms with Crippen LogP contribution in [0.2, 0.25) is 0 Å². The highest BCUT2D eigenvalue weighted by Gasteiger charge is 2.20. The van der Waals surface area contributed by atoms with E-state index < -0.39 is 16.9 Å². The van der Waals surface area contributed by atoms with E-state index in [-0.39, 0.29) is 24.4 Å². The number of nitro benzene ring substituents is 1. The molecule has 8 heteroatoms. The minimum atomic E-state index is -0.678. The van der Waals surface area contributed by atoms with Gasteiger partial charge in [0.05, 0.1) is 17.6 Å². The Morgan fingerprint density at radius 1 is 1.57 bits per heavy atom. The van der Waals surface area contributed by atoms with Crippen LogP contribution in [0.3, 0.4) is 0 Å². The summed E-state index contributed by atoms with van der Waals surface area (Å²) in [5, 5.41) is 23.0. The second-order valence-corrected chi connectivity index (χ2v) is 5.17. The third kappa shape index (κ3) is 5.33. The third-order valence-corrected chi connectivity index (χ3v) is 3.49. The van der Waals surface area contributed by atoms with E-state index in [4.69, 9.17) is 4.74 Å². The van der Waals surface area contributed by atoms with Crippen LogP contribution in [0.5, 0.6) is 0 Å². The standard InChI is InChI=1S/C13H18N2O5S/c1-20-8-9(16)5-6-14-13(17)11-7-10(21-2)3-4-12(11)15(18)19/h3-4,7,9,16H,5-6,8H2,1-2H3,(H,14,17). The van der Waals surface area contributed by atoms with Gasteiger partial charge in [-0.25, -0.2) is 0 Å². The molecule has 7 nitrogen and oxygen atoms in total. The molecule has 0 aliphatic rings. The molecular formula is C13H18N2O5S. The fourth-order valence-corrected chi connectivity index (χ4v) is 2.15. The lowest BCUT2D eigenvalue weighted by molar-refractivity contribution is -0.385. The number of aliphatic hydroxyl groups is 1. The van der Waals surface area contributed by atoms with Crippen molar-refractivity contribution >= 4 is 23.4 Å². The highest BCUT2D eigenvalue weighted by atomic mass is 32.2. The number of carbonyl (C=O) groups excluding carboxylic acids is 1. The van der Waals surface area contributed by atoms with Crippen LogP contribution in [-0.2, 0) is 4.74 Å². The number of nitrogens with one attached hydrogen (secondary N) is 1. The van der Waals surface area contributed by atoms with Crippen LogP contribution < -0.4 is 5.32 Å². The SMILES string of the molecule is COCC(O)CCNC(=O)c1cc(SC)ccc1[N+](=O)[O-].